The highest BCUT2D eigenvalue weighted by molar-refractivity contribution is 6.31. The summed E-state index contributed by atoms with van der Waals surface area (Å²) < 4.78 is 5.43. The van der Waals surface area contributed by atoms with Gasteiger partial charge in [-0.2, -0.15) is 0 Å². The molecule has 1 N–H and O–H groups in total. The first-order chi connectivity index (χ1) is 11.1. The van der Waals surface area contributed by atoms with Gasteiger partial charge >= 0.3 is 0 Å². The summed E-state index contributed by atoms with van der Waals surface area (Å²) in [5.41, 5.74) is 0.874. The number of ether oxygens (including phenoxy) is 1. The van der Waals surface area contributed by atoms with Gasteiger partial charge in [-0.25, -0.2) is 0 Å². The second kappa shape index (κ2) is 9.26. The molecule has 2 rings (SSSR count). The van der Waals surface area contributed by atoms with Gasteiger partial charge in [-0.05, 0) is 24.0 Å². The molecule has 1 aromatic carbocycles. The maximum Gasteiger partial charge on any atom is 0.224 e. The van der Waals surface area contributed by atoms with Crippen LogP contribution in [-0.4, -0.2) is 49.7 Å². The molecule has 1 aliphatic heterocycles. The van der Waals surface area contributed by atoms with Crippen LogP contribution in [0.1, 0.15) is 25.8 Å². The number of rotatable bonds is 7. The molecule has 0 aliphatic carbocycles. The minimum absolute atomic E-state index is 0.0279. The Balaban J connectivity index is 1.86. The number of hydrogen-bond donors (Lipinski definition) is 1. The van der Waals surface area contributed by atoms with Crippen LogP contribution in [0.4, 0.5) is 0 Å². The van der Waals surface area contributed by atoms with Gasteiger partial charge in [0.05, 0.1) is 19.6 Å². The van der Waals surface area contributed by atoms with Gasteiger partial charge in [0.2, 0.25) is 5.91 Å². The predicted octanol–water partition coefficient (Wildman–Crippen LogP) is 2.75. The Morgan fingerprint density at radius 3 is 2.65 bits per heavy atom. The van der Waals surface area contributed by atoms with Crippen molar-refractivity contribution in [1.82, 2.24) is 10.2 Å². The van der Waals surface area contributed by atoms with Crippen LogP contribution in [0.15, 0.2) is 24.3 Å². The number of carbonyl (C=O) groups excluding carboxylic acids is 1. The molecular weight excluding hydrogens is 312 g/mol. The maximum absolute atomic E-state index is 12.2. The van der Waals surface area contributed by atoms with Crippen LogP contribution < -0.4 is 5.32 Å². The molecule has 23 heavy (non-hydrogen) atoms. The molecule has 1 aliphatic rings. The van der Waals surface area contributed by atoms with E-state index in [1.165, 1.54) is 0 Å². The lowest BCUT2D eigenvalue weighted by molar-refractivity contribution is -0.120. The fraction of sp³-hybridized carbons (Fsp3) is 0.611. The molecule has 1 heterocycles. The van der Waals surface area contributed by atoms with Crippen molar-refractivity contribution < 1.29 is 9.53 Å². The van der Waals surface area contributed by atoms with E-state index in [1.807, 2.05) is 24.3 Å². The Hall–Kier alpha value is -1.10. The largest absolute Gasteiger partial charge is 0.379 e. The van der Waals surface area contributed by atoms with Crippen LogP contribution in [0.2, 0.25) is 5.02 Å². The Morgan fingerprint density at radius 1 is 1.30 bits per heavy atom. The van der Waals surface area contributed by atoms with Crippen molar-refractivity contribution in [3.63, 3.8) is 0 Å². The molecule has 0 aromatic heterocycles. The molecular formula is C18H27ClN2O2. The zero-order valence-electron chi connectivity index (χ0n) is 14.1. The van der Waals surface area contributed by atoms with Gasteiger partial charge in [-0.15, -0.1) is 0 Å². The highest BCUT2D eigenvalue weighted by atomic mass is 35.5. The SMILES string of the molecule is CC(C)CC(CNC(=O)Cc1ccccc1Cl)N1CCOCC1. The number of amides is 1. The van der Waals surface area contributed by atoms with E-state index in [9.17, 15) is 4.79 Å². The van der Waals surface area contributed by atoms with E-state index in [1.54, 1.807) is 0 Å². The third-order valence-corrected chi connectivity index (χ3v) is 4.52. The van der Waals surface area contributed by atoms with Crippen molar-refractivity contribution >= 4 is 17.5 Å². The second-order valence-corrected chi connectivity index (χ2v) is 6.91. The fourth-order valence-corrected chi connectivity index (χ4v) is 3.16. The quantitative estimate of drug-likeness (QED) is 0.831. The van der Waals surface area contributed by atoms with E-state index in [4.69, 9.17) is 16.3 Å². The summed E-state index contributed by atoms with van der Waals surface area (Å²) in [5, 5.41) is 3.73. The summed E-state index contributed by atoms with van der Waals surface area (Å²) in [6.07, 6.45) is 1.41. The third-order valence-electron chi connectivity index (χ3n) is 4.15. The number of hydrogen-bond acceptors (Lipinski definition) is 3. The molecule has 0 radical (unpaired) electrons. The van der Waals surface area contributed by atoms with E-state index in [-0.39, 0.29) is 5.91 Å². The summed E-state index contributed by atoms with van der Waals surface area (Å²) in [4.78, 5) is 14.7. The van der Waals surface area contributed by atoms with Crippen molar-refractivity contribution in [2.75, 3.05) is 32.8 Å². The van der Waals surface area contributed by atoms with Crippen molar-refractivity contribution in [3.8, 4) is 0 Å². The lowest BCUT2D eigenvalue weighted by Gasteiger charge is -2.35. The molecule has 1 saturated heterocycles. The first kappa shape index (κ1) is 18.2. The minimum Gasteiger partial charge on any atom is -0.379 e. The highest BCUT2D eigenvalue weighted by Gasteiger charge is 2.22. The van der Waals surface area contributed by atoms with Crippen molar-refractivity contribution in [1.29, 1.82) is 0 Å². The Morgan fingerprint density at radius 2 is 2.00 bits per heavy atom. The van der Waals surface area contributed by atoms with Gasteiger partial charge in [0.1, 0.15) is 0 Å². The molecule has 128 valence electrons. The highest BCUT2D eigenvalue weighted by Crippen LogP contribution is 2.16. The standard InChI is InChI=1S/C18H27ClN2O2/c1-14(2)11-16(21-7-9-23-10-8-21)13-20-18(22)12-15-5-3-4-6-17(15)19/h3-6,14,16H,7-13H2,1-2H3,(H,20,22). The monoisotopic (exact) mass is 338 g/mol. The number of nitrogens with one attached hydrogen (secondary N) is 1. The molecule has 5 heteroatoms. The van der Waals surface area contributed by atoms with Gasteiger partial charge in [0.25, 0.3) is 0 Å². The summed E-state index contributed by atoms with van der Waals surface area (Å²) >= 11 is 6.12. The first-order valence-corrected chi connectivity index (χ1v) is 8.76. The molecule has 1 atom stereocenters. The van der Waals surface area contributed by atoms with Crippen LogP contribution in [-0.2, 0) is 16.0 Å². The van der Waals surface area contributed by atoms with Gasteiger partial charge in [0.15, 0.2) is 0 Å². The molecule has 0 saturated carbocycles. The van der Waals surface area contributed by atoms with Gasteiger partial charge in [-0.1, -0.05) is 43.6 Å². The van der Waals surface area contributed by atoms with Crippen molar-refractivity contribution in [2.45, 2.75) is 32.7 Å². The first-order valence-electron chi connectivity index (χ1n) is 8.38. The third kappa shape index (κ3) is 6.13. The van der Waals surface area contributed by atoms with Crippen LogP contribution in [0, 0.1) is 5.92 Å². The lowest BCUT2D eigenvalue weighted by atomic mass is 10.0. The molecule has 1 amide bonds. The fourth-order valence-electron chi connectivity index (χ4n) is 2.96. The van der Waals surface area contributed by atoms with Gasteiger partial charge in [-0.3, -0.25) is 9.69 Å². The van der Waals surface area contributed by atoms with E-state index in [2.05, 4.69) is 24.1 Å². The number of morpholine rings is 1. The average Bonchev–Trinajstić information content (AvgIpc) is 2.54. The van der Waals surface area contributed by atoms with Crippen LogP contribution >= 0.6 is 11.6 Å². The van der Waals surface area contributed by atoms with Crippen molar-refractivity contribution in [3.05, 3.63) is 34.9 Å². The van der Waals surface area contributed by atoms with Crippen LogP contribution in [0.25, 0.3) is 0 Å². The lowest BCUT2D eigenvalue weighted by Crippen LogP contribution is -2.49. The van der Waals surface area contributed by atoms with E-state index in [0.29, 0.717) is 29.9 Å². The average molecular weight is 339 g/mol. The van der Waals surface area contributed by atoms with Crippen molar-refractivity contribution in [2.24, 2.45) is 5.92 Å². The summed E-state index contributed by atoms with van der Waals surface area (Å²) in [6, 6.07) is 7.87. The predicted molar refractivity (Wildman–Crippen MR) is 93.8 cm³/mol. The minimum atomic E-state index is 0.0279. The molecule has 1 aromatic rings. The second-order valence-electron chi connectivity index (χ2n) is 6.50. The zero-order valence-corrected chi connectivity index (χ0v) is 14.8. The smallest absolute Gasteiger partial charge is 0.224 e. The van der Waals surface area contributed by atoms with Crippen LogP contribution in [0.5, 0.6) is 0 Å². The molecule has 4 nitrogen and oxygen atoms in total. The molecule has 0 bridgehead atoms. The summed E-state index contributed by atoms with van der Waals surface area (Å²) in [6.45, 7) is 8.57. The molecule has 1 fully saturated rings. The Bertz CT molecular complexity index is 502. The molecule has 0 spiro atoms. The number of benzene rings is 1. The van der Waals surface area contributed by atoms with Gasteiger partial charge < -0.3 is 10.1 Å². The number of carbonyl (C=O) groups is 1. The summed E-state index contributed by atoms with van der Waals surface area (Å²) in [5.74, 6) is 0.628. The Labute approximate surface area is 144 Å². The number of nitrogens with zero attached hydrogens (tertiary/aromatic N) is 1. The maximum atomic E-state index is 12.2. The normalized spacial score (nSPS) is 17.2. The van der Waals surface area contributed by atoms with Gasteiger partial charge in [0, 0.05) is 30.7 Å². The van der Waals surface area contributed by atoms with E-state index in [0.717, 1.165) is 38.3 Å². The number of halogens is 1. The van der Waals surface area contributed by atoms with E-state index >= 15 is 0 Å². The topological polar surface area (TPSA) is 41.6 Å². The van der Waals surface area contributed by atoms with Crippen LogP contribution in [0.3, 0.4) is 0 Å². The zero-order chi connectivity index (χ0) is 16.7. The summed E-state index contributed by atoms with van der Waals surface area (Å²) in [7, 11) is 0. The van der Waals surface area contributed by atoms with E-state index < -0.39 is 0 Å². The Kier molecular flexibility index (Phi) is 7.34. The molecule has 1 unspecified atom stereocenters.